The smallest absolute Gasteiger partial charge is 0.305 e. The molecule has 3 amide bonds. The van der Waals surface area contributed by atoms with Crippen LogP contribution in [0.4, 0.5) is 0 Å². The van der Waals surface area contributed by atoms with E-state index in [4.69, 9.17) is 11.5 Å². The van der Waals surface area contributed by atoms with E-state index in [0.29, 0.717) is 31.7 Å². The molecule has 12 nitrogen and oxygen atoms in total. The third kappa shape index (κ3) is 14.4. The lowest BCUT2D eigenvalue weighted by Crippen LogP contribution is -2.60. The number of hydrogen-bond donors (Lipinski definition) is 7. The molecular weight excluding hydrogens is 710 g/mol. The van der Waals surface area contributed by atoms with E-state index in [2.05, 4.69) is 16.0 Å². The topological polar surface area (TPSA) is 214 Å². The number of amides is 3. The fourth-order valence-corrected chi connectivity index (χ4v) is 7.19. The van der Waals surface area contributed by atoms with E-state index in [0.717, 1.165) is 30.4 Å². The Bertz CT molecular complexity index is 1490. The molecule has 0 bridgehead atoms. The molecule has 1 aliphatic rings. The number of aliphatic hydroxyl groups is 1. The number of rotatable bonds is 21. The highest BCUT2D eigenvalue weighted by molar-refractivity contribution is 5.96. The Hall–Kier alpha value is -3.84. The second-order valence-electron chi connectivity index (χ2n) is 15.5. The Morgan fingerprint density at radius 1 is 0.815 bits per heavy atom. The van der Waals surface area contributed by atoms with Gasteiger partial charge in [0, 0.05) is 12.5 Å². The molecule has 300 valence electrons. The number of carboxylic acids is 1. The van der Waals surface area contributed by atoms with Crippen LogP contribution in [0.2, 0.25) is 0 Å². The molecular formula is C41H62ClN5O7. The molecule has 54 heavy (non-hydrogen) atoms. The van der Waals surface area contributed by atoms with Gasteiger partial charge in [0.15, 0.2) is 5.78 Å². The van der Waals surface area contributed by atoms with Gasteiger partial charge in [0.05, 0.1) is 42.1 Å². The van der Waals surface area contributed by atoms with E-state index in [1.54, 1.807) is 0 Å². The third-order valence-electron chi connectivity index (χ3n) is 10.3. The maximum Gasteiger partial charge on any atom is 0.305 e. The third-order valence-corrected chi connectivity index (χ3v) is 10.3. The molecule has 0 spiro atoms. The van der Waals surface area contributed by atoms with Crippen LogP contribution in [0.3, 0.4) is 0 Å². The number of carbonyl (C=O) groups excluding carboxylic acids is 4. The maximum atomic E-state index is 14.9. The van der Waals surface area contributed by atoms with E-state index < -0.39 is 77.6 Å². The van der Waals surface area contributed by atoms with Gasteiger partial charge in [-0.25, -0.2) is 0 Å². The lowest BCUT2D eigenvalue weighted by atomic mass is 9.73. The second-order valence-corrected chi connectivity index (χ2v) is 15.5. The van der Waals surface area contributed by atoms with Crippen LogP contribution in [-0.4, -0.2) is 76.0 Å². The number of nitrogens with one attached hydrogen (secondary N) is 3. The SMILES string of the molecule is CC(C)CCNC(=O)[C@@H](CC(O)[C@H](Cc1ccccc1)NC(=O)[C@@H](N)CC(=O)O)C(C(=O)[C@H](Cc1ccccc1)NC(=O)C1(N)CCCCC1)C(C)C.Cl. The monoisotopic (exact) mass is 771 g/mol. The standard InChI is InChI=1S/C41H61N5O7.ClH/c1-26(2)18-21-44-38(51)30(24-34(47)32(22-28-14-8-5-9-15-28)45-39(52)31(42)25-35(48)49)36(27(3)4)37(50)33(23-29-16-10-6-11-17-29)46-40(53)41(43)19-12-7-13-20-41;/h5-6,8-11,14-17,26-27,30-34,36,47H,7,12-13,18-25,42-43H2,1-4H3,(H,44,51)(H,45,52)(H,46,53)(H,48,49);1H/t30-,31-,32-,33-,34?,36?;/m0./s1. The van der Waals surface area contributed by atoms with Gasteiger partial charge >= 0.3 is 5.97 Å². The molecule has 0 heterocycles. The van der Waals surface area contributed by atoms with E-state index in [1.165, 1.54) is 0 Å². The van der Waals surface area contributed by atoms with E-state index in [-0.39, 0.29) is 37.5 Å². The first-order valence-corrected chi connectivity index (χ1v) is 19.1. The first-order chi connectivity index (χ1) is 25.1. The Kier molecular flexibility index (Phi) is 19.3. The highest BCUT2D eigenvalue weighted by Crippen LogP contribution is 2.31. The summed E-state index contributed by atoms with van der Waals surface area (Å²) < 4.78 is 0. The Labute approximate surface area is 326 Å². The van der Waals surface area contributed by atoms with Gasteiger partial charge in [0.1, 0.15) is 0 Å². The number of benzene rings is 2. The summed E-state index contributed by atoms with van der Waals surface area (Å²) in [5.41, 5.74) is 13.0. The van der Waals surface area contributed by atoms with Crippen LogP contribution in [0.25, 0.3) is 0 Å². The summed E-state index contributed by atoms with van der Waals surface area (Å²) in [7, 11) is 0. The number of carbonyl (C=O) groups is 5. The van der Waals surface area contributed by atoms with Crippen molar-refractivity contribution in [2.24, 2.45) is 35.1 Å². The van der Waals surface area contributed by atoms with Crippen LogP contribution >= 0.6 is 12.4 Å². The Morgan fingerprint density at radius 3 is 1.89 bits per heavy atom. The number of hydrogen-bond acceptors (Lipinski definition) is 8. The van der Waals surface area contributed by atoms with Crippen LogP contribution in [0.15, 0.2) is 60.7 Å². The maximum absolute atomic E-state index is 14.9. The Morgan fingerprint density at radius 2 is 1.37 bits per heavy atom. The first-order valence-electron chi connectivity index (χ1n) is 19.1. The zero-order chi connectivity index (χ0) is 39.1. The number of aliphatic carboxylic acids is 1. The number of carboxylic acid groups (broad SMARTS) is 1. The summed E-state index contributed by atoms with van der Waals surface area (Å²) in [6, 6.07) is 15.1. The van der Waals surface area contributed by atoms with Crippen molar-refractivity contribution in [3.8, 4) is 0 Å². The van der Waals surface area contributed by atoms with Crippen LogP contribution in [0.1, 0.15) is 90.2 Å². The molecule has 0 aliphatic heterocycles. The van der Waals surface area contributed by atoms with E-state index in [1.807, 2.05) is 88.4 Å². The van der Waals surface area contributed by atoms with Crippen molar-refractivity contribution in [2.45, 2.75) is 122 Å². The summed E-state index contributed by atoms with van der Waals surface area (Å²) in [5, 5.41) is 29.8. The molecule has 0 radical (unpaired) electrons. The van der Waals surface area contributed by atoms with Gasteiger partial charge in [0.2, 0.25) is 17.7 Å². The van der Waals surface area contributed by atoms with Crippen molar-refractivity contribution in [1.82, 2.24) is 16.0 Å². The van der Waals surface area contributed by atoms with Gasteiger partial charge < -0.3 is 37.6 Å². The molecule has 1 aliphatic carbocycles. The molecule has 3 rings (SSSR count). The number of halogens is 1. The van der Waals surface area contributed by atoms with Gasteiger partial charge in [0.25, 0.3) is 0 Å². The van der Waals surface area contributed by atoms with Gasteiger partial charge in [-0.3, -0.25) is 24.0 Å². The quantitative estimate of drug-likeness (QED) is 0.0985. The van der Waals surface area contributed by atoms with Gasteiger partial charge in [-0.15, -0.1) is 12.4 Å². The number of aliphatic hydroxyl groups excluding tert-OH is 1. The van der Waals surface area contributed by atoms with Gasteiger partial charge in [-0.1, -0.05) is 108 Å². The van der Waals surface area contributed by atoms with Crippen molar-refractivity contribution in [2.75, 3.05) is 6.54 Å². The minimum Gasteiger partial charge on any atom is -0.481 e. The zero-order valence-electron chi connectivity index (χ0n) is 32.2. The molecule has 2 aromatic carbocycles. The number of Topliss-reactive ketones (excluding diaryl/α,β-unsaturated/α-hetero) is 1. The van der Waals surface area contributed by atoms with E-state index >= 15 is 0 Å². The van der Waals surface area contributed by atoms with Crippen molar-refractivity contribution < 1.29 is 34.2 Å². The summed E-state index contributed by atoms with van der Waals surface area (Å²) in [6.45, 7) is 8.10. The largest absolute Gasteiger partial charge is 0.481 e. The van der Waals surface area contributed by atoms with Crippen molar-refractivity contribution in [3.63, 3.8) is 0 Å². The number of nitrogens with two attached hydrogens (primary N) is 2. The van der Waals surface area contributed by atoms with Crippen molar-refractivity contribution in [3.05, 3.63) is 71.8 Å². The highest BCUT2D eigenvalue weighted by atomic mass is 35.5. The average molecular weight is 772 g/mol. The van der Waals surface area contributed by atoms with Crippen molar-refractivity contribution >= 4 is 41.9 Å². The molecule has 0 saturated heterocycles. The molecule has 1 fully saturated rings. The minimum atomic E-state index is -1.37. The van der Waals surface area contributed by atoms with Crippen LogP contribution in [0.5, 0.6) is 0 Å². The summed E-state index contributed by atoms with van der Waals surface area (Å²) >= 11 is 0. The van der Waals surface area contributed by atoms with E-state index in [9.17, 15) is 34.2 Å². The zero-order valence-corrected chi connectivity index (χ0v) is 33.0. The molecule has 6 atom stereocenters. The minimum absolute atomic E-state index is 0. The number of ketones is 1. The molecule has 0 aromatic heterocycles. The average Bonchev–Trinajstić information content (AvgIpc) is 3.11. The highest BCUT2D eigenvalue weighted by Gasteiger charge is 2.43. The summed E-state index contributed by atoms with van der Waals surface area (Å²) in [4.78, 5) is 67.3. The van der Waals surface area contributed by atoms with Crippen LogP contribution in [-0.2, 0) is 36.8 Å². The first kappa shape index (κ1) is 46.3. The fraction of sp³-hybridized carbons (Fsp3) is 0.585. The summed E-state index contributed by atoms with van der Waals surface area (Å²) in [5.74, 6) is -5.25. The molecule has 1 saturated carbocycles. The Balaban J connectivity index is 0.0000101. The van der Waals surface area contributed by atoms with Crippen LogP contribution in [0, 0.1) is 23.7 Å². The molecule has 2 aromatic rings. The molecule has 9 N–H and O–H groups in total. The molecule has 2 unspecified atom stereocenters. The predicted octanol–water partition coefficient (Wildman–Crippen LogP) is 3.70. The van der Waals surface area contributed by atoms with Crippen LogP contribution < -0.4 is 27.4 Å². The lowest BCUT2D eigenvalue weighted by Gasteiger charge is -2.36. The van der Waals surface area contributed by atoms with Crippen molar-refractivity contribution in [1.29, 1.82) is 0 Å². The predicted molar refractivity (Wildman–Crippen MR) is 212 cm³/mol. The summed E-state index contributed by atoms with van der Waals surface area (Å²) in [6.07, 6.45) is 2.51. The normalized spacial score (nSPS) is 17.2. The molecule has 13 heteroatoms. The fourth-order valence-electron chi connectivity index (χ4n) is 7.19. The second kappa shape index (κ2) is 22.5. The van der Waals surface area contributed by atoms with Gasteiger partial charge in [-0.05, 0) is 61.5 Å². The lowest BCUT2D eigenvalue weighted by molar-refractivity contribution is -0.140. The van der Waals surface area contributed by atoms with Gasteiger partial charge in [-0.2, -0.15) is 0 Å².